The Bertz CT molecular complexity index is 828. The summed E-state index contributed by atoms with van der Waals surface area (Å²) in [7, 11) is 1.28. The molecule has 0 bridgehead atoms. The van der Waals surface area contributed by atoms with Gasteiger partial charge >= 0.3 is 12.4 Å². The van der Waals surface area contributed by atoms with Crippen molar-refractivity contribution in [2.45, 2.75) is 57.6 Å². The van der Waals surface area contributed by atoms with Gasteiger partial charge in [0.25, 0.3) is 0 Å². The molecule has 1 fully saturated rings. The normalized spacial score (nSPS) is 19.7. The topological polar surface area (TPSA) is 38.3 Å². The molecule has 2 rings (SSSR count). The maximum Gasteiger partial charge on any atom is 0.416 e. The maximum absolute atomic E-state index is 12.8. The van der Waals surface area contributed by atoms with Crippen molar-refractivity contribution < 1.29 is 35.9 Å². The molecule has 3 unspecified atom stereocenters. The van der Waals surface area contributed by atoms with Gasteiger partial charge in [-0.1, -0.05) is 56.0 Å². The lowest BCUT2D eigenvalue weighted by Crippen LogP contribution is -2.32. The second kappa shape index (κ2) is 12.6. The highest BCUT2D eigenvalue weighted by atomic mass is 19.4. The lowest BCUT2D eigenvalue weighted by atomic mass is 9.97. The zero-order valence-electron chi connectivity index (χ0n) is 18.8. The van der Waals surface area contributed by atoms with Crippen LogP contribution in [-0.4, -0.2) is 31.5 Å². The van der Waals surface area contributed by atoms with Gasteiger partial charge in [0.05, 0.1) is 23.6 Å². The third kappa shape index (κ3) is 9.86. The second-order valence-corrected chi connectivity index (χ2v) is 7.60. The standard InChI is InChI=1S/C13H16F6O.C11H13NO/c1-5-10(9(3)20-4)7-11(13(17,18)19)6-8(2)12(14,15)16;13-11-8-4-7-10(12-11)9-5-2-1-3-6-9/h5-9H,1H2,2-4H3;1-3,5-6,10H,4,7-8H2,(H,12,13)/b10-7+,11-6+;. The van der Waals surface area contributed by atoms with Crippen LogP contribution in [0.1, 0.15) is 44.7 Å². The van der Waals surface area contributed by atoms with E-state index >= 15 is 0 Å². The highest BCUT2D eigenvalue weighted by Crippen LogP contribution is 2.34. The average molecular weight is 477 g/mol. The Balaban J connectivity index is 0.000000357. The summed E-state index contributed by atoms with van der Waals surface area (Å²) in [6.07, 6.45) is -5.70. The zero-order chi connectivity index (χ0) is 25.2. The van der Waals surface area contributed by atoms with Crippen LogP contribution in [0.2, 0.25) is 0 Å². The molecule has 1 aromatic rings. The number of hydrogen-bond acceptors (Lipinski definition) is 2. The molecule has 3 nitrogen and oxygen atoms in total. The first-order chi connectivity index (χ1) is 15.3. The molecule has 0 spiro atoms. The summed E-state index contributed by atoms with van der Waals surface area (Å²) in [5, 5.41) is 2.99. The predicted molar refractivity (Wildman–Crippen MR) is 115 cm³/mol. The van der Waals surface area contributed by atoms with Crippen LogP contribution in [0.25, 0.3) is 0 Å². The fourth-order valence-corrected chi connectivity index (χ4v) is 2.99. The van der Waals surface area contributed by atoms with Crippen molar-refractivity contribution in [1.82, 2.24) is 5.32 Å². The molecule has 1 aromatic carbocycles. The lowest BCUT2D eigenvalue weighted by Gasteiger charge is -2.23. The highest BCUT2D eigenvalue weighted by molar-refractivity contribution is 5.77. The molecular formula is C24H29F6NO2. The Kier molecular flexibility index (Phi) is 10.9. The van der Waals surface area contributed by atoms with Gasteiger partial charge in [-0.2, -0.15) is 26.3 Å². The molecule has 1 saturated heterocycles. The zero-order valence-corrected chi connectivity index (χ0v) is 18.8. The molecule has 0 aromatic heterocycles. The van der Waals surface area contributed by atoms with Gasteiger partial charge in [0.1, 0.15) is 0 Å². The first-order valence-corrected chi connectivity index (χ1v) is 10.4. The minimum absolute atomic E-state index is 0.0467. The maximum atomic E-state index is 12.8. The van der Waals surface area contributed by atoms with Crippen LogP contribution < -0.4 is 5.32 Å². The molecule has 1 heterocycles. The fourth-order valence-electron chi connectivity index (χ4n) is 2.99. The van der Waals surface area contributed by atoms with Crippen LogP contribution in [-0.2, 0) is 9.53 Å². The summed E-state index contributed by atoms with van der Waals surface area (Å²) in [5.74, 6) is -2.03. The van der Waals surface area contributed by atoms with E-state index in [0.29, 0.717) is 19.4 Å². The minimum atomic E-state index is -4.89. The largest absolute Gasteiger partial charge is 0.416 e. The first kappa shape index (κ1) is 28.5. The number of piperidine rings is 1. The van der Waals surface area contributed by atoms with Crippen molar-refractivity contribution in [3.8, 4) is 0 Å². The Morgan fingerprint density at radius 1 is 1.15 bits per heavy atom. The fraction of sp³-hybridized carbons (Fsp3) is 0.458. The quantitative estimate of drug-likeness (QED) is 0.360. The molecule has 184 valence electrons. The molecule has 0 saturated carbocycles. The predicted octanol–water partition coefficient (Wildman–Crippen LogP) is 6.85. The van der Waals surface area contributed by atoms with Crippen molar-refractivity contribution in [3.63, 3.8) is 0 Å². The van der Waals surface area contributed by atoms with E-state index in [-0.39, 0.29) is 23.6 Å². The van der Waals surface area contributed by atoms with E-state index in [9.17, 15) is 31.1 Å². The van der Waals surface area contributed by atoms with E-state index in [0.717, 1.165) is 18.9 Å². The van der Waals surface area contributed by atoms with E-state index in [1.807, 2.05) is 18.2 Å². The van der Waals surface area contributed by atoms with Crippen LogP contribution in [0.5, 0.6) is 0 Å². The van der Waals surface area contributed by atoms with Crippen LogP contribution >= 0.6 is 0 Å². The van der Waals surface area contributed by atoms with E-state index in [1.54, 1.807) is 0 Å². The van der Waals surface area contributed by atoms with Crippen LogP contribution in [0.4, 0.5) is 26.3 Å². The van der Waals surface area contributed by atoms with Crippen molar-refractivity contribution in [2.75, 3.05) is 7.11 Å². The smallest absolute Gasteiger partial charge is 0.377 e. The number of methoxy groups -OCH3 is 1. The van der Waals surface area contributed by atoms with Crippen LogP contribution in [0, 0.1) is 5.92 Å². The number of carbonyl (C=O) groups excluding carboxylic acids is 1. The van der Waals surface area contributed by atoms with Gasteiger partial charge in [0, 0.05) is 13.5 Å². The average Bonchev–Trinajstić information content (AvgIpc) is 2.75. The molecule has 9 heteroatoms. The van der Waals surface area contributed by atoms with Gasteiger partial charge in [-0.3, -0.25) is 4.79 Å². The molecule has 1 N–H and O–H groups in total. The lowest BCUT2D eigenvalue weighted by molar-refractivity contribution is -0.157. The number of benzene rings is 1. The monoisotopic (exact) mass is 477 g/mol. The Morgan fingerprint density at radius 2 is 1.76 bits per heavy atom. The summed E-state index contributed by atoms with van der Waals surface area (Å²) in [6.45, 7) is 5.45. The summed E-state index contributed by atoms with van der Waals surface area (Å²) in [5.41, 5.74) is -0.109. The number of rotatable bonds is 6. The summed E-state index contributed by atoms with van der Waals surface area (Å²) in [4.78, 5) is 11.1. The van der Waals surface area contributed by atoms with Crippen molar-refractivity contribution in [2.24, 2.45) is 5.92 Å². The number of hydrogen-bond donors (Lipinski definition) is 1. The number of amides is 1. The van der Waals surface area contributed by atoms with Crippen molar-refractivity contribution in [1.29, 1.82) is 0 Å². The Morgan fingerprint density at radius 3 is 2.21 bits per heavy atom. The van der Waals surface area contributed by atoms with E-state index in [4.69, 9.17) is 4.74 Å². The minimum Gasteiger partial charge on any atom is -0.377 e. The number of ether oxygens (including phenoxy) is 1. The van der Waals surface area contributed by atoms with E-state index in [1.165, 1.54) is 19.6 Å². The van der Waals surface area contributed by atoms with E-state index in [2.05, 4.69) is 24.0 Å². The first-order valence-electron chi connectivity index (χ1n) is 10.4. The highest BCUT2D eigenvalue weighted by Gasteiger charge is 2.39. The van der Waals surface area contributed by atoms with Gasteiger partial charge in [0.2, 0.25) is 5.91 Å². The molecular weight excluding hydrogens is 448 g/mol. The number of nitrogens with one attached hydrogen (secondary N) is 1. The summed E-state index contributed by atoms with van der Waals surface area (Å²) in [6, 6.07) is 10.4. The Labute approximate surface area is 190 Å². The van der Waals surface area contributed by atoms with Gasteiger partial charge in [-0.05, 0) is 37.0 Å². The number of allylic oxidation sites excluding steroid dienone is 3. The molecule has 0 aliphatic carbocycles. The third-order valence-corrected chi connectivity index (χ3v) is 5.09. The molecule has 1 aliphatic rings. The van der Waals surface area contributed by atoms with Gasteiger partial charge < -0.3 is 10.1 Å². The van der Waals surface area contributed by atoms with E-state index < -0.39 is 29.9 Å². The Hall–Kier alpha value is -2.55. The number of carbonyl (C=O) groups is 1. The van der Waals surface area contributed by atoms with Gasteiger partial charge in [-0.25, -0.2) is 0 Å². The second-order valence-electron chi connectivity index (χ2n) is 7.60. The SMILES string of the molecule is C=C/C(=C\C(=C/C(C)C(F)(F)F)C(F)(F)F)C(C)OC.O=C1CCCC(c2ccccc2)N1. The molecule has 0 radical (unpaired) electrons. The summed E-state index contributed by atoms with van der Waals surface area (Å²) >= 11 is 0. The van der Waals surface area contributed by atoms with Crippen molar-refractivity contribution in [3.05, 3.63) is 71.8 Å². The number of alkyl halides is 6. The van der Waals surface area contributed by atoms with Crippen LogP contribution in [0.15, 0.2) is 66.3 Å². The molecule has 1 aliphatic heterocycles. The molecule has 33 heavy (non-hydrogen) atoms. The molecule has 1 amide bonds. The van der Waals surface area contributed by atoms with Gasteiger partial charge in [-0.15, -0.1) is 0 Å². The summed E-state index contributed by atoms with van der Waals surface area (Å²) < 4.78 is 80.3. The molecule has 3 atom stereocenters. The van der Waals surface area contributed by atoms with Crippen LogP contribution in [0.3, 0.4) is 0 Å². The van der Waals surface area contributed by atoms with Gasteiger partial charge in [0.15, 0.2) is 0 Å². The third-order valence-electron chi connectivity index (χ3n) is 5.09. The van der Waals surface area contributed by atoms with Crippen molar-refractivity contribution >= 4 is 5.91 Å². The number of halogens is 6.